The van der Waals surface area contributed by atoms with Crippen molar-refractivity contribution >= 4 is 11.9 Å². The number of ether oxygens (including phenoxy) is 1. The van der Waals surface area contributed by atoms with Gasteiger partial charge in [0.05, 0.1) is 12.8 Å². The highest BCUT2D eigenvalue weighted by molar-refractivity contribution is 5.88. The summed E-state index contributed by atoms with van der Waals surface area (Å²) < 4.78 is 4.23. The molecule has 4 nitrogen and oxygen atoms in total. The summed E-state index contributed by atoms with van der Waals surface area (Å²) in [7, 11) is 0. The molecule has 10 heavy (non-hydrogen) atoms. The Kier molecular flexibility index (Phi) is 2.01. The van der Waals surface area contributed by atoms with Crippen LogP contribution in [-0.4, -0.2) is 23.7 Å². The summed E-state index contributed by atoms with van der Waals surface area (Å²) in [5.41, 5.74) is 0. The fraction of sp³-hybridized carbons (Fsp3) is 0.667. The van der Waals surface area contributed by atoms with Gasteiger partial charge in [0.15, 0.2) is 0 Å². The van der Waals surface area contributed by atoms with Gasteiger partial charge < -0.3 is 9.84 Å². The molecule has 0 aromatic heterocycles. The molecule has 1 aliphatic heterocycles. The minimum absolute atomic E-state index is 0.124. The van der Waals surface area contributed by atoms with Gasteiger partial charge in [0, 0.05) is 12.5 Å². The van der Waals surface area contributed by atoms with E-state index in [2.05, 4.69) is 4.74 Å². The molecule has 0 bridgehead atoms. The largest absolute Gasteiger partial charge is 0.396 e. The second kappa shape index (κ2) is 2.79. The Morgan fingerprint density at radius 1 is 1.40 bits per heavy atom. The summed E-state index contributed by atoms with van der Waals surface area (Å²) in [6.45, 7) is -0.124. The summed E-state index contributed by atoms with van der Waals surface area (Å²) in [4.78, 5) is 21.0. The number of esters is 2. The highest BCUT2D eigenvalue weighted by Gasteiger charge is 2.25. The van der Waals surface area contributed by atoms with Crippen LogP contribution in [0.2, 0.25) is 0 Å². The number of cyclic esters (lactones) is 2. The standard InChI is InChI=1S/C6H8O4/c7-3-4-1-5(8)10-6(9)2-4/h4,7H,1-3H2. The third-order valence-electron chi connectivity index (χ3n) is 1.40. The van der Waals surface area contributed by atoms with Crippen molar-refractivity contribution in [3.63, 3.8) is 0 Å². The first-order valence-corrected chi connectivity index (χ1v) is 3.06. The highest BCUT2D eigenvalue weighted by atomic mass is 16.6. The van der Waals surface area contributed by atoms with Crippen molar-refractivity contribution in [2.75, 3.05) is 6.61 Å². The molecule has 1 N–H and O–H groups in total. The predicted molar refractivity (Wildman–Crippen MR) is 30.9 cm³/mol. The number of aliphatic hydroxyl groups is 1. The summed E-state index contributed by atoms with van der Waals surface area (Å²) in [6.07, 6.45) is 0.310. The van der Waals surface area contributed by atoms with Gasteiger partial charge in [0.1, 0.15) is 0 Å². The summed E-state index contributed by atoms with van der Waals surface area (Å²) in [5, 5.41) is 8.57. The van der Waals surface area contributed by atoms with E-state index in [1.54, 1.807) is 0 Å². The van der Waals surface area contributed by atoms with Crippen LogP contribution in [0.5, 0.6) is 0 Å². The Morgan fingerprint density at radius 2 is 1.90 bits per heavy atom. The topological polar surface area (TPSA) is 63.6 Å². The average molecular weight is 144 g/mol. The number of hydrogen-bond acceptors (Lipinski definition) is 4. The molecule has 1 fully saturated rings. The van der Waals surface area contributed by atoms with Crippen molar-refractivity contribution in [2.45, 2.75) is 12.8 Å². The van der Waals surface area contributed by atoms with Crippen molar-refractivity contribution in [2.24, 2.45) is 5.92 Å². The minimum atomic E-state index is -0.532. The van der Waals surface area contributed by atoms with E-state index in [1.807, 2.05) is 0 Å². The van der Waals surface area contributed by atoms with Crippen molar-refractivity contribution < 1.29 is 19.4 Å². The molecule has 1 aliphatic rings. The Hall–Kier alpha value is -0.900. The fourth-order valence-electron chi connectivity index (χ4n) is 0.883. The van der Waals surface area contributed by atoms with Crippen LogP contribution < -0.4 is 0 Å². The smallest absolute Gasteiger partial charge is 0.313 e. The average Bonchev–Trinajstić information content (AvgIpc) is 1.85. The summed E-state index contributed by atoms with van der Waals surface area (Å²) in [5.74, 6) is -1.29. The van der Waals surface area contributed by atoms with E-state index in [0.717, 1.165) is 0 Å². The second-order valence-electron chi connectivity index (χ2n) is 2.30. The molecule has 1 rings (SSSR count). The zero-order valence-electron chi connectivity index (χ0n) is 5.37. The molecule has 0 unspecified atom stereocenters. The van der Waals surface area contributed by atoms with Gasteiger partial charge in [-0.1, -0.05) is 0 Å². The van der Waals surface area contributed by atoms with Gasteiger partial charge in [-0.25, -0.2) is 0 Å². The van der Waals surface area contributed by atoms with Crippen molar-refractivity contribution in [1.82, 2.24) is 0 Å². The van der Waals surface area contributed by atoms with Crippen LogP contribution in [0.25, 0.3) is 0 Å². The van der Waals surface area contributed by atoms with Gasteiger partial charge in [-0.3, -0.25) is 9.59 Å². The molecule has 0 spiro atoms. The first kappa shape index (κ1) is 7.21. The van der Waals surface area contributed by atoms with Crippen molar-refractivity contribution in [3.8, 4) is 0 Å². The van der Waals surface area contributed by atoms with Crippen LogP contribution in [0, 0.1) is 5.92 Å². The maximum absolute atomic E-state index is 10.5. The second-order valence-corrected chi connectivity index (χ2v) is 2.30. The Bertz CT molecular complexity index is 147. The highest BCUT2D eigenvalue weighted by Crippen LogP contribution is 2.15. The molecule has 56 valence electrons. The molecule has 0 aromatic rings. The third kappa shape index (κ3) is 1.54. The number of rotatable bonds is 1. The lowest BCUT2D eigenvalue weighted by atomic mass is 10.0. The molecular formula is C6H8O4. The molecule has 1 saturated heterocycles. The molecule has 0 saturated carbocycles. The van der Waals surface area contributed by atoms with E-state index in [0.29, 0.717) is 0 Å². The van der Waals surface area contributed by atoms with Crippen LogP contribution in [0.3, 0.4) is 0 Å². The van der Waals surface area contributed by atoms with Gasteiger partial charge in [-0.05, 0) is 0 Å². The Labute approximate surface area is 57.8 Å². The summed E-state index contributed by atoms with van der Waals surface area (Å²) >= 11 is 0. The molecule has 0 atom stereocenters. The fourth-order valence-corrected chi connectivity index (χ4v) is 0.883. The Morgan fingerprint density at radius 3 is 2.30 bits per heavy atom. The number of carbonyl (C=O) groups is 2. The van der Waals surface area contributed by atoms with Crippen LogP contribution in [0.4, 0.5) is 0 Å². The first-order chi connectivity index (χ1) is 4.72. The molecule has 0 amide bonds. The van der Waals surface area contributed by atoms with Crippen LogP contribution in [-0.2, 0) is 14.3 Å². The molecule has 0 aromatic carbocycles. The third-order valence-corrected chi connectivity index (χ3v) is 1.40. The number of carbonyl (C=O) groups excluding carboxylic acids is 2. The van der Waals surface area contributed by atoms with E-state index in [-0.39, 0.29) is 25.4 Å². The van der Waals surface area contributed by atoms with Crippen LogP contribution >= 0.6 is 0 Å². The van der Waals surface area contributed by atoms with Crippen molar-refractivity contribution in [3.05, 3.63) is 0 Å². The lowest BCUT2D eigenvalue weighted by Crippen LogP contribution is -2.27. The SMILES string of the molecule is O=C1CC(CO)CC(=O)O1. The van der Waals surface area contributed by atoms with Gasteiger partial charge in [0.25, 0.3) is 0 Å². The quantitative estimate of drug-likeness (QED) is 0.396. The number of aliphatic hydroxyl groups excluding tert-OH is 1. The summed E-state index contributed by atoms with van der Waals surface area (Å²) in [6, 6.07) is 0. The first-order valence-electron chi connectivity index (χ1n) is 3.06. The van der Waals surface area contributed by atoms with Crippen molar-refractivity contribution in [1.29, 1.82) is 0 Å². The van der Waals surface area contributed by atoms with Crippen LogP contribution in [0.15, 0.2) is 0 Å². The molecule has 1 heterocycles. The lowest BCUT2D eigenvalue weighted by molar-refractivity contribution is -0.166. The van der Waals surface area contributed by atoms with E-state index in [4.69, 9.17) is 5.11 Å². The van der Waals surface area contributed by atoms with Gasteiger partial charge in [0.2, 0.25) is 0 Å². The van der Waals surface area contributed by atoms with Gasteiger partial charge in [-0.2, -0.15) is 0 Å². The molecule has 0 aliphatic carbocycles. The van der Waals surface area contributed by atoms with E-state index in [9.17, 15) is 9.59 Å². The molecule has 0 radical (unpaired) electrons. The molecular weight excluding hydrogens is 136 g/mol. The monoisotopic (exact) mass is 144 g/mol. The van der Waals surface area contributed by atoms with Gasteiger partial charge in [-0.15, -0.1) is 0 Å². The van der Waals surface area contributed by atoms with Gasteiger partial charge >= 0.3 is 11.9 Å². The minimum Gasteiger partial charge on any atom is -0.396 e. The zero-order valence-corrected chi connectivity index (χ0v) is 5.37. The maximum Gasteiger partial charge on any atom is 0.313 e. The Balaban J connectivity index is 2.50. The zero-order chi connectivity index (χ0) is 7.56. The van der Waals surface area contributed by atoms with E-state index < -0.39 is 11.9 Å². The maximum atomic E-state index is 10.5. The lowest BCUT2D eigenvalue weighted by Gasteiger charge is -2.16. The van der Waals surface area contributed by atoms with E-state index >= 15 is 0 Å². The number of hydrogen-bond donors (Lipinski definition) is 1. The van der Waals surface area contributed by atoms with Crippen LogP contribution in [0.1, 0.15) is 12.8 Å². The normalized spacial score (nSPS) is 20.9. The predicted octanol–water partition coefficient (Wildman–Crippen LogP) is -0.542. The molecule has 4 heteroatoms. The van der Waals surface area contributed by atoms with E-state index in [1.165, 1.54) is 0 Å².